The van der Waals surface area contributed by atoms with Gasteiger partial charge in [0.1, 0.15) is 0 Å². The molecule has 0 radical (unpaired) electrons. The summed E-state index contributed by atoms with van der Waals surface area (Å²) in [6.45, 7) is 7.13. The van der Waals surface area contributed by atoms with Gasteiger partial charge in [-0.25, -0.2) is 4.79 Å². The van der Waals surface area contributed by atoms with Gasteiger partial charge in [0.15, 0.2) is 0 Å². The minimum atomic E-state index is -0.894. The number of carboxylic acids is 1. The molecule has 0 aromatic rings. The van der Waals surface area contributed by atoms with Crippen LogP contribution in [0.3, 0.4) is 0 Å². The fraction of sp³-hybridized carbons (Fsp3) is 0.375. The number of allylic oxidation sites excluding steroid dienone is 1. The van der Waals surface area contributed by atoms with Crippen molar-refractivity contribution in [3.05, 3.63) is 23.8 Å². The first-order valence-corrected chi connectivity index (χ1v) is 3.19. The molecule has 10 heavy (non-hydrogen) atoms. The van der Waals surface area contributed by atoms with Crippen molar-refractivity contribution in [2.45, 2.75) is 20.3 Å². The van der Waals surface area contributed by atoms with Gasteiger partial charge in [-0.3, -0.25) is 0 Å². The van der Waals surface area contributed by atoms with E-state index in [1.54, 1.807) is 6.92 Å². The van der Waals surface area contributed by atoms with E-state index in [1.807, 2.05) is 6.92 Å². The van der Waals surface area contributed by atoms with Crippen LogP contribution in [-0.4, -0.2) is 11.1 Å². The van der Waals surface area contributed by atoms with Gasteiger partial charge in [0.25, 0.3) is 0 Å². The zero-order valence-corrected chi connectivity index (χ0v) is 6.35. The van der Waals surface area contributed by atoms with Crippen molar-refractivity contribution in [2.24, 2.45) is 0 Å². The summed E-state index contributed by atoms with van der Waals surface area (Å²) in [5, 5.41) is 8.55. The summed E-state index contributed by atoms with van der Waals surface area (Å²) in [7, 11) is 0. The lowest BCUT2D eigenvalue weighted by molar-refractivity contribution is -0.132. The van der Waals surface area contributed by atoms with Crippen LogP contribution in [-0.2, 0) is 4.79 Å². The van der Waals surface area contributed by atoms with E-state index in [4.69, 9.17) is 5.11 Å². The quantitative estimate of drug-likeness (QED) is 0.480. The Morgan fingerprint density at radius 1 is 1.70 bits per heavy atom. The van der Waals surface area contributed by atoms with Gasteiger partial charge in [-0.05, 0) is 13.3 Å². The summed E-state index contributed by atoms with van der Waals surface area (Å²) in [5.41, 5.74) is 1.19. The molecule has 0 amide bonds. The normalized spacial score (nSPS) is 12.2. The van der Waals surface area contributed by atoms with Crippen molar-refractivity contribution < 1.29 is 9.90 Å². The summed E-state index contributed by atoms with van der Waals surface area (Å²) in [4.78, 5) is 10.4. The monoisotopic (exact) mass is 140 g/mol. The highest BCUT2D eigenvalue weighted by atomic mass is 16.4. The van der Waals surface area contributed by atoms with Gasteiger partial charge >= 0.3 is 5.97 Å². The van der Waals surface area contributed by atoms with Crippen LogP contribution in [0.15, 0.2) is 23.8 Å². The minimum absolute atomic E-state index is 0.322. The second-order valence-electron chi connectivity index (χ2n) is 2.06. The molecular weight excluding hydrogens is 128 g/mol. The first-order valence-electron chi connectivity index (χ1n) is 3.19. The second kappa shape index (κ2) is 3.88. The van der Waals surface area contributed by atoms with Gasteiger partial charge in [-0.2, -0.15) is 0 Å². The van der Waals surface area contributed by atoms with E-state index >= 15 is 0 Å². The molecule has 0 aromatic heterocycles. The molecule has 2 heteroatoms. The minimum Gasteiger partial charge on any atom is -0.478 e. The van der Waals surface area contributed by atoms with E-state index in [0.717, 1.165) is 12.0 Å². The van der Waals surface area contributed by atoms with Gasteiger partial charge in [-0.15, -0.1) is 0 Å². The lowest BCUT2D eigenvalue weighted by Crippen LogP contribution is -1.99. The molecule has 0 unspecified atom stereocenters. The van der Waals surface area contributed by atoms with Gasteiger partial charge in [0.2, 0.25) is 0 Å². The molecule has 0 fully saturated rings. The van der Waals surface area contributed by atoms with Gasteiger partial charge < -0.3 is 5.11 Å². The highest BCUT2D eigenvalue weighted by Crippen LogP contribution is 2.08. The van der Waals surface area contributed by atoms with Crippen molar-refractivity contribution in [1.29, 1.82) is 0 Å². The fourth-order valence-corrected chi connectivity index (χ4v) is 0.635. The van der Waals surface area contributed by atoms with E-state index in [1.165, 1.54) is 6.08 Å². The maximum atomic E-state index is 10.4. The van der Waals surface area contributed by atoms with E-state index in [2.05, 4.69) is 6.58 Å². The van der Waals surface area contributed by atoms with Crippen molar-refractivity contribution in [3.8, 4) is 0 Å². The number of carboxylic acid groups (broad SMARTS) is 1. The van der Waals surface area contributed by atoms with Gasteiger partial charge in [0.05, 0.1) is 5.57 Å². The maximum Gasteiger partial charge on any atom is 0.335 e. The number of carbonyl (C=O) groups is 1. The third kappa shape index (κ3) is 2.05. The molecule has 0 atom stereocenters. The Morgan fingerprint density at radius 2 is 2.20 bits per heavy atom. The SMILES string of the molecule is C=C/C(C(=O)O)=C(\C)CC. The van der Waals surface area contributed by atoms with Crippen LogP contribution in [0, 0.1) is 0 Å². The number of rotatable bonds is 3. The van der Waals surface area contributed by atoms with Crippen LogP contribution in [0.25, 0.3) is 0 Å². The zero-order valence-electron chi connectivity index (χ0n) is 6.35. The Bertz CT molecular complexity index is 178. The predicted molar refractivity (Wildman–Crippen MR) is 40.8 cm³/mol. The lowest BCUT2D eigenvalue weighted by atomic mass is 10.1. The fourth-order valence-electron chi connectivity index (χ4n) is 0.635. The molecule has 0 spiro atoms. The lowest BCUT2D eigenvalue weighted by Gasteiger charge is -1.98. The van der Waals surface area contributed by atoms with Crippen LogP contribution in [0.4, 0.5) is 0 Å². The first kappa shape index (κ1) is 8.95. The predicted octanol–water partition coefficient (Wildman–Crippen LogP) is 1.98. The van der Waals surface area contributed by atoms with E-state index in [9.17, 15) is 4.79 Å². The molecular formula is C8H12O2. The molecule has 0 heterocycles. The molecule has 0 aliphatic heterocycles. The molecule has 0 aliphatic carbocycles. The molecule has 0 aromatic carbocycles. The highest BCUT2D eigenvalue weighted by molar-refractivity contribution is 5.90. The summed E-state index contributed by atoms with van der Waals surface area (Å²) in [6.07, 6.45) is 2.13. The average Bonchev–Trinajstić information content (AvgIpc) is 1.88. The standard InChI is InChI=1S/C8H12O2/c1-4-6(3)7(5-2)8(9)10/h5H,2,4H2,1,3H3,(H,9,10)/b7-6-. The maximum absolute atomic E-state index is 10.4. The Hall–Kier alpha value is -1.05. The Kier molecular flexibility index (Phi) is 3.47. The highest BCUT2D eigenvalue weighted by Gasteiger charge is 2.04. The van der Waals surface area contributed by atoms with Crippen molar-refractivity contribution in [3.63, 3.8) is 0 Å². The van der Waals surface area contributed by atoms with Crippen molar-refractivity contribution in [1.82, 2.24) is 0 Å². The Balaban J connectivity index is 4.62. The van der Waals surface area contributed by atoms with E-state index < -0.39 is 5.97 Å². The Labute approximate surface area is 60.9 Å². The van der Waals surface area contributed by atoms with E-state index in [0.29, 0.717) is 5.57 Å². The smallest absolute Gasteiger partial charge is 0.335 e. The number of aliphatic carboxylic acids is 1. The second-order valence-corrected chi connectivity index (χ2v) is 2.06. The van der Waals surface area contributed by atoms with Gasteiger partial charge in [-0.1, -0.05) is 25.2 Å². The molecule has 56 valence electrons. The molecule has 0 rings (SSSR count). The van der Waals surface area contributed by atoms with Crippen LogP contribution in [0.2, 0.25) is 0 Å². The van der Waals surface area contributed by atoms with Crippen molar-refractivity contribution >= 4 is 5.97 Å². The van der Waals surface area contributed by atoms with Crippen LogP contribution < -0.4 is 0 Å². The number of hydrogen-bond donors (Lipinski definition) is 1. The largest absolute Gasteiger partial charge is 0.478 e. The molecule has 0 bridgehead atoms. The molecule has 0 saturated heterocycles. The zero-order chi connectivity index (χ0) is 8.15. The summed E-state index contributed by atoms with van der Waals surface area (Å²) in [5.74, 6) is -0.894. The summed E-state index contributed by atoms with van der Waals surface area (Å²) in [6, 6.07) is 0. The molecule has 0 aliphatic rings. The van der Waals surface area contributed by atoms with Crippen molar-refractivity contribution in [2.75, 3.05) is 0 Å². The van der Waals surface area contributed by atoms with E-state index in [-0.39, 0.29) is 0 Å². The van der Waals surface area contributed by atoms with Crippen LogP contribution in [0.1, 0.15) is 20.3 Å². The topological polar surface area (TPSA) is 37.3 Å². The van der Waals surface area contributed by atoms with Gasteiger partial charge in [0, 0.05) is 0 Å². The third-order valence-electron chi connectivity index (χ3n) is 1.42. The first-order chi connectivity index (χ1) is 4.63. The molecule has 2 nitrogen and oxygen atoms in total. The average molecular weight is 140 g/mol. The molecule has 1 N–H and O–H groups in total. The van der Waals surface area contributed by atoms with Crippen LogP contribution in [0.5, 0.6) is 0 Å². The van der Waals surface area contributed by atoms with Crippen LogP contribution >= 0.6 is 0 Å². The molecule has 0 saturated carbocycles. The summed E-state index contributed by atoms with van der Waals surface area (Å²) >= 11 is 0. The summed E-state index contributed by atoms with van der Waals surface area (Å²) < 4.78 is 0. The number of hydrogen-bond acceptors (Lipinski definition) is 1. The third-order valence-corrected chi connectivity index (χ3v) is 1.42. The Morgan fingerprint density at radius 3 is 2.30 bits per heavy atom.